The average Bonchev–Trinajstić information content (AvgIpc) is 3.09. The lowest BCUT2D eigenvalue weighted by molar-refractivity contribution is 0.453. The summed E-state index contributed by atoms with van der Waals surface area (Å²) < 4.78 is 0. The van der Waals surface area contributed by atoms with Gasteiger partial charge in [-0.2, -0.15) is 15.0 Å². The fourth-order valence-electron chi connectivity index (χ4n) is 5.53. The van der Waals surface area contributed by atoms with Gasteiger partial charge in [-0.3, -0.25) is 14.7 Å². The summed E-state index contributed by atoms with van der Waals surface area (Å²) in [7, 11) is 0. The predicted molar refractivity (Wildman–Crippen MR) is 192 cm³/mol. The summed E-state index contributed by atoms with van der Waals surface area (Å²) in [4.78, 5) is 23.1. The Morgan fingerprint density at radius 1 is 0.294 bits per heavy atom. The molecule has 0 aliphatic heterocycles. The molecule has 4 heterocycles. The fraction of sp³-hybridized carbons (Fsp3) is 0. The summed E-state index contributed by atoms with van der Waals surface area (Å²) in [6.07, 6.45) is 0. The first-order valence-corrected chi connectivity index (χ1v) is 15.5. The van der Waals surface area contributed by atoms with Crippen LogP contribution in [0, 0.1) is 0 Å². The minimum atomic E-state index is -0.260. The van der Waals surface area contributed by atoms with Crippen LogP contribution in [-0.4, -0.2) is 50.6 Å². The molecule has 0 radical (unpaired) electrons. The molecule has 0 amide bonds. The Kier molecular flexibility index (Phi) is 8.49. The molecule has 0 aliphatic rings. The molecule has 6 N–H and O–H groups in total. The highest BCUT2D eigenvalue weighted by Crippen LogP contribution is 2.44. The van der Waals surface area contributed by atoms with Crippen LogP contribution in [0.2, 0.25) is 0 Å². The van der Waals surface area contributed by atoms with E-state index in [1.165, 1.54) is 54.6 Å². The zero-order valence-electron chi connectivity index (χ0n) is 26.6. The molecule has 0 saturated carbocycles. The van der Waals surface area contributed by atoms with Crippen molar-refractivity contribution in [1.29, 1.82) is 0 Å². The van der Waals surface area contributed by atoms with Crippen LogP contribution in [0.1, 0.15) is 0 Å². The third-order valence-corrected chi connectivity index (χ3v) is 7.61. The Hall–Kier alpha value is -7.54. The van der Waals surface area contributed by atoms with E-state index in [9.17, 15) is 30.6 Å². The van der Waals surface area contributed by atoms with Gasteiger partial charge in [0.2, 0.25) is 17.6 Å². The predicted octanol–water partition coefficient (Wildman–Crippen LogP) is 7.91. The molecule has 4 aromatic heterocycles. The van der Waals surface area contributed by atoms with E-state index >= 15 is 0 Å². The van der Waals surface area contributed by atoms with Gasteiger partial charge in [-0.25, -0.2) is 4.98 Å². The largest absolute Gasteiger partial charge is 0.508 e. The van der Waals surface area contributed by atoms with E-state index < -0.39 is 0 Å². The molecule has 51 heavy (non-hydrogen) atoms. The number of pyridine rings is 4. The molecule has 0 spiro atoms. The minimum absolute atomic E-state index is 0.0251. The molecule has 0 aliphatic carbocycles. The molecule has 0 saturated heterocycles. The average molecular weight is 680 g/mol. The van der Waals surface area contributed by atoms with Gasteiger partial charge in [-0.1, -0.05) is 36.4 Å². The number of benzene rings is 3. The molecule has 7 aromatic rings. The number of aromatic nitrogens is 4. The van der Waals surface area contributed by atoms with Gasteiger partial charge in [0.1, 0.15) is 46.3 Å². The van der Waals surface area contributed by atoms with Crippen LogP contribution in [0.3, 0.4) is 0 Å². The summed E-state index contributed by atoms with van der Waals surface area (Å²) in [6.45, 7) is 0. The third-order valence-electron chi connectivity index (χ3n) is 7.61. The molecule has 0 unspecified atom stereocenters. The topological polar surface area (TPSA) is 183 Å². The standard InChI is InChI=1S/C38H29N7O6/c46-28-10-1-7-24(19-28)43(31-13-4-16-36(49)40-31)27-22-34(44(25-8-2-11-29(47)20-25)32-14-5-17-37(50)41-32)39-35(23-27)45(26-9-3-12-30(48)21-26)33-15-6-18-38(51)42-33/h1-23,46-48H,(H,40,49)(H,41,50)(H,42,51). The van der Waals surface area contributed by atoms with Crippen molar-refractivity contribution >= 4 is 51.8 Å². The summed E-state index contributed by atoms with van der Waals surface area (Å²) in [6, 6.07) is 36.8. The van der Waals surface area contributed by atoms with Crippen LogP contribution < -0.4 is 14.7 Å². The molecular formula is C38H29N7O6. The lowest BCUT2D eigenvalue weighted by Crippen LogP contribution is -2.19. The highest BCUT2D eigenvalue weighted by Gasteiger charge is 2.25. The van der Waals surface area contributed by atoms with Crippen LogP contribution in [0.15, 0.2) is 140 Å². The Morgan fingerprint density at radius 2 is 0.627 bits per heavy atom. The van der Waals surface area contributed by atoms with Gasteiger partial charge in [-0.05, 0) is 54.6 Å². The van der Waals surface area contributed by atoms with Crippen LogP contribution in [0.5, 0.6) is 34.9 Å². The molecular weight excluding hydrogens is 650 g/mol. The van der Waals surface area contributed by atoms with Crippen molar-refractivity contribution in [2.75, 3.05) is 14.7 Å². The van der Waals surface area contributed by atoms with Crippen molar-refractivity contribution < 1.29 is 30.6 Å². The van der Waals surface area contributed by atoms with Gasteiger partial charge >= 0.3 is 0 Å². The second-order valence-corrected chi connectivity index (χ2v) is 11.2. The van der Waals surface area contributed by atoms with Crippen molar-refractivity contribution in [2.24, 2.45) is 0 Å². The van der Waals surface area contributed by atoms with Crippen molar-refractivity contribution in [3.63, 3.8) is 0 Å². The highest BCUT2D eigenvalue weighted by molar-refractivity contribution is 5.85. The maximum absolute atomic E-state index is 10.6. The van der Waals surface area contributed by atoms with Crippen molar-refractivity contribution in [1.82, 2.24) is 19.9 Å². The number of hydrogen-bond acceptors (Lipinski definition) is 13. The van der Waals surface area contributed by atoms with Gasteiger partial charge in [0.15, 0.2) is 0 Å². The minimum Gasteiger partial charge on any atom is -0.508 e. The van der Waals surface area contributed by atoms with Crippen molar-refractivity contribution in [3.8, 4) is 34.9 Å². The van der Waals surface area contributed by atoms with E-state index in [0.717, 1.165) is 0 Å². The number of anilines is 9. The van der Waals surface area contributed by atoms with Crippen LogP contribution in [0.4, 0.5) is 51.8 Å². The Labute approximate surface area is 291 Å². The number of hydrogen-bond donors (Lipinski definition) is 6. The van der Waals surface area contributed by atoms with Crippen LogP contribution in [0.25, 0.3) is 0 Å². The molecule has 0 fully saturated rings. The number of aromatic hydroxyl groups is 6. The Balaban J connectivity index is 1.57. The molecule has 13 nitrogen and oxygen atoms in total. The molecule has 7 rings (SSSR count). The number of phenols is 3. The zero-order chi connectivity index (χ0) is 35.5. The molecule has 0 bridgehead atoms. The van der Waals surface area contributed by atoms with E-state index in [-0.39, 0.29) is 64.0 Å². The molecule has 0 atom stereocenters. The Bertz CT molecular complexity index is 1950. The summed E-state index contributed by atoms with van der Waals surface area (Å²) in [5, 5.41) is 63.0. The van der Waals surface area contributed by atoms with Crippen LogP contribution in [-0.2, 0) is 0 Å². The van der Waals surface area contributed by atoms with Crippen molar-refractivity contribution in [2.45, 2.75) is 0 Å². The van der Waals surface area contributed by atoms with E-state index in [2.05, 4.69) is 15.0 Å². The lowest BCUT2D eigenvalue weighted by Gasteiger charge is -2.30. The van der Waals surface area contributed by atoms with Gasteiger partial charge in [-0.15, -0.1) is 0 Å². The molecule has 252 valence electrons. The molecule has 13 heteroatoms. The van der Waals surface area contributed by atoms with Crippen molar-refractivity contribution in [3.05, 3.63) is 140 Å². The second-order valence-electron chi connectivity index (χ2n) is 11.2. The third kappa shape index (κ3) is 6.89. The smallest absolute Gasteiger partial charge is 0.212 e. The second kappa shape index (κ2) is 13.5. The van der Waals surface area contributed by atoms with E-state index in [1.54, 1.807) is 99.6 Å². The van der Waals surface area contributed by atoms with Crippen LogP contribution >= 0.6 is 0 Å². The zero-order valence-corrected chi connectivity index (χ0v) is 26.6. The lowest BCUT2D eigenvalue weighted by atomic mass is 10.2. The Morgan fingerprint density at radius 3 is 0.980 bits per heavy atom. The number of rotatable bonds is 9. The van der Waals surface area contributed by atoms with E-state index in [4.69, 9.17) is 4.98 Å². The summed E-state index contributed by atoms with van der Waals surface area (Å²) in [5.74, 6) is 0.352. The molecule has 3 aromatic carbocycles. The summed E-state index contributed by atoms with van der Waals surface area (Å²) >= 11 is 0. The number of phenolic OH excluding ortho intramolecular Hbond substituents is 3. The SMILES string of the molecule is Oc1cccc(N(c2cc(N(c3cccc(O)c3)c3cccc(O)n3)nc(N(c3cccc(O)c3)c3cccc(O)n3)c2)c2cccc(O)n2)c1. The normalized spacial score (nSPS) is 10.8. The monoisotopic (exact) mass is 679 g/mol. The van der Waals surface area contributed by atoms with Gasteiger partial charge in [0.05, 0.1) is 22.7 Å². The van der Waals surface area contributed by atoms with Gasteiger partial charge in [0, 0.05) is 48.5 Å². The quantitative estimate of drug-likeness (QED) is 0.0866. The maximum Gasteiger partial charge on any atom is 0.212 e. The number of nitrogens with zero attached hydrogens (tertiary/aromatic N) is 7. The first-order chi connectivity index (χ1) is 24.7. The van der Waals surface area contributed by atoms with E-state index in [1.807, 2.05) is 0 Å². The van der Waals surface area contributed by atoms with E-state index in [0.29, 0.717) is 22.7 Å². The highest BCUT2D eigenvalue weighted by atomic mass is 16.3. The van der Waals surface area contributed by atoms with Gasteiger partial charge < -0.3 is 30.6 Å². The fourth-order valence-corrected chi connectivity index (χ4v) is 5.53. The summed E-state index contributed by atoms with van der Waals surface area (Å²) in [5.41, 5.74) is 1.74. The van der Waals surface area contributed by atoms with Gasteiger partial charge in [0.25, 0.3) is 0 Å². The first-order valence-electron chi connectivity index (χ1n) is 15.5. The maximum atomic E-state index is 10.6. The first kappa shape index (κ1) is 32.0.